The zero-order chi connectivity index (χ0) is 25.3. The summed E-state index contributed by atoms with van der Waals surface area (Å²) in [5.74, 6) is 1.57. The first-order valence-electron chi connectivity index (χ1n) is 11.9. The van der Waals surface area contributed by atoms with Crippen molar-refractivity contribution in [2.75, 3.05) is 26.9 Å². The van der Waals surface area contributed by atoms with Gasteiger partial charge in [-0.3, -0.25) is 9.89 Å². The van der Waals surface area contributed by atoms with Gasteiger partial charge in [-0.2, -0.15) is 5.10 Å². The summed E-state index contributed by atoms with van der Waals surface area (Å²) in [6.07, 6.45) is 0.924. The Hall–Kier alpha value is -3.52. The van der Waals surface area contributed by atoms with Gasteiger partial charge in [0.15, 0.2) is 11.5 Å². The highest BCUT2D eigenvalue weighted by molar-refractivity contribution is 6.00. The van der Waals surface area contributed by atoms with Gasteiger partial charge in [0.1, 0.15) is 17.1 Å². The number of aliphatic hydroxyl groups is 1. The number of hydrogen-bond donors (Lipinski definition) is 3. The van der Waals surface area contributed by atoms with Crippen molar-refractivity contribution in [1.29, 1.82) is 0 Å². The van der Waals surface area contributed by atoms with E-state index in [1.807, 2.05) is 38.1 Å². The molecule has 0 saturated heterocycles. The Labute approximate surface area is 205 Å². The van der Waals surface area contributed by atoms with Crippen molar-refractivity contribution < 1.29 is 24.5 Å². The largest absolute Gasteiger partial charge is 0.507 e. The first-order chi connectivity index (χ1) is 16.8. The van der Waals surface area contributed by atoms with Crippen LogP contribution in [-0.4, -0.2) is 58.1 Å². The summed E-state index contributed by atoms with van der Waals surface area (Å²) < 4.78 is 11.6. The number of ether oxygens (including phenoxy) is 2. The lowest BCUT2D eigenvalue weighted by Gasteiger charge is -2.26. The first-order valence-corrected chi connectivity index (χ1v) is 11.9. The normalized spacial score (nSPS) is 15.1. The SMILES string of the molecule is COc1cc([C@H]2c3c(-c4cc(C)c(C)cc4O)n[nH]c3C(=O)N2CCO)ccc1OCCC(C)C. The number of aromatic hydroxyl groups is 1. The Morgan fingerprint density at radius 3 is 2.57 bits per heavy atom. The molecule has 3 aromatic rings. The molecule has 1 atom stereocenters. The zero-order valence-corrected chi connectivity index (χ0v) is 20.9. The Kier molecular flexibility index (Phi) is 7.03. The van der Waals surface area contributed by atoms with E-state index < -0.39 is 6.04 Å². The Morgan fingerprint density at radius 1 is 1.14 bits per heavy atom. The van der Waals surface area contributed by atoms with Gasteiger partial charge in [0.05, 0.1) is 26.4 Å². The van der Waals surface area contributed by atoms with Crippen LogP contribution >= 0.6 is 0 Å². The summed E-state index contributed by atoms with van der Waals surface area (Å²) >= 11 is 0. The lowest BCUT2D eigenvalue weighted by Crippen LogP contribution is -2.32. The molecule has 0 unspecified atom stereocenters. The number of carbonyl (C=O) groups excluding carboxylic acids is 1. The number of fused-ring (bicyclic) bond motifs is 1. The fourth-order valence-electron chi connectivity index (χ4n) is 4.46. The summed E-state index contributed by atoms with van der Waals surface area (Å²) in [6.45, 7) is 8.73. The van der Waals surface area contributed by atoms with E-state index in [0.29, 0.717) is 46.5 Å². The van der Waals surface area contributed by atoms with Crippen molar-refractivity contribution in [1.82, 2.24) is 15.1 Å². The third kappa shape index (κ3) is 4.58. The smallest absolute Gasteiger partial charge is 0.273 e. The quantitative estimate of drug-likeness (QED) is 0.421. The van der Waals surface area contributed by atoms with Crippen LogP contribution in [0.1, 0.15) is 59.1 Å². The van der Waals surface area contributed by atoms with Gasteiger partial charge < -0.3 is 24.6 Å². The third-order valence-corrected chi connectivity index (χ3v) is 6.53. The van der Waals surface area contributed by atoms with Gasteiger partial charge in [-0.15, -0.1) is 0 Å². The molecule has 0 aliphatic carbocycles. The molecular weight excluding hydrogens is 446 g/mol. The van der Waals surface area contributed by atoms with E-state index in [-0.39, 0.29) is 24.8 Å². The second kappa shape index (κ2) is 10.00. The molecule has 8 nitrogen and oxygen atoms in total. The van der Waals surface area contributed by atoms with E-state index in [1.165, 1.54) is 0 Å². The Bertz CT molecular complexity index is 1230. The van der Waals surface area contributed by atoms with Gasteiger partial charge in [0.2, 0.25) is 0 Å². The minimum absolute atomic E-state index is 0.0979. The number of carbonyl (C=O) groups is 1. The molecule has 0 radical (unpaired) electrons. The lowest BCUT2D eigenvalue weighted by molar-refractivity contribution is 0.0706. The highest BCUT2D eigenvalue weighted by Crippen LogP contribution is 2.46. The lowest BCUT2D eigenvalue weighted by atomic mass is 9.94. The van der Waals surface area contributed by atoms with Crippen LogP contribution in [0, 0.1) is 19.8 Å². The molecule has 1 aliphatic heterocycles. The number of hydrogen-bond acceptors (Lipinski definition) is 6. The predicted molar refractivity (Wildman–Crippen MR) is 133 cm³/mol. The molecule has 1 aromatic heterocycles. The van der Waals surface area contributed by atoms with Crippen LogP contribution in [0.5, 0.6) is 17.2 Å². The number of phenols is 1. The van der Waals surface area contributed by atoms with Crippen LogP contribution in [0.3, 0.4) is 0 Å². The zero-order valence-electron chi connectivity index (χ0n) is 20.9. The Morgan fingerprint density at radius 2 is 1.89 bits per heavy atom. The van der Waals surface area contributed by atoms with Crippen LogP contribution in [0.2, 0.25) is 0 Å². The van der Waals surface area contributed by atoms with E-state index in [1.54, 1.807) is 18.1 Å². The molecule has 35 heavy (non-hydrogen) atoms. The topological polar surface area (TPSA) is 108 Å². The van der Waals surface area contributed by atoms with Crippen molar-refractivity contribution in [3.63, 3.8) is 0 Å². The molecule has 186 valence electrons. The molecule has 0 fully saturated rings. The molecule has 2 heterocycles. The van der Waals surface area contributed by atoms with Gasteiger partial charge in [-0.25, -0.2) is 0 Å². The van der Waals surface area contributed by atoms with Crippen molar-refractivity contribution in [3.05, 3.63) is 58.3 Å². The van der Waals surface area contributed by atoms with E-state index in [0.717, 1.165) is 23.1 Å². The van der Waals surface area contributed by atoms with Crippen LogP contribution in [0.15, 0.2) is 30.3 Å². The number of amides is 1. The summed E-state index contributed by atoms with van der Waals surface area (Å²) in [6, 6.07) is 8.68. The molecule has 8 heteroatoms. The highest BCUT2D eigenvalue weighted by atomic mass is 16.5. The van der Waals surface area contributed by atoms with Crippen molar-refractivity contribution >= 4 is 5.91 Å². The van der Waals surface area contributed by atoms with Crippen LogP contribution < -0.4 is 9.47 Å². The van der Waals surface area contributed by atoms with Gasteiger partial charge in [0.25, 0.3) is 5.91 Å². The van der Waals surface area contributed by atoms with E-state index in [4.69, 9.17) is 9.47 Å². The summed E-state index contributed by atoms with van der Waals surface area (Å²) in [5, 5.41) is 27.7. The van der Waals surface area contributed by atoms with Gasteiger partial charge >= 0.3 is 0 Å². The number of nitrogens with zero attached hydrogens (tertiary/aromatic N) is 2. The fourth-order valence-corrected chi connectivity index (χ4v) is 4.46. The summed E-state index contributed by atoms with van der Waals surface area (Å²) in [7, 11) is 1.58. The van der Waals surface area contributed by atoms with Crippen LogP contribution in [0.25, 0.3) is 11.3 Å². The molecule has 0 saturated carbocycles. The monoisotopic (exact) mass is 479 g/mol. The fraction of sp³-hybridized carbons (Fsp3) is 0.407. The molecule has 1 aliphatic rings. The number of benzene rings is 2. The number of β-amino-alcohol motifs (C(OH)–C–C–N with tert-alkyl or cyclic N) is 1. The molecule has 1 amide bonds. The van der Waals surface area contributed by atoms with Crippen molar-refractivity contribution in [2.45, 2.75) is 40.2 Å². The molecular formula is C27H33N3O5. The predicted octanol–water partition coefficient (Wildman–Crippen LogP) is 4.37. The molecule has 4 rings (SSSR count). The maximum Gasteiger partial charge on any atom is 0.273 e. The maximum atomic E-state index is 13.3. The van der Waals surface area contributed by atoms with E-state index in [9.17, 15) is 15.0 Å². The van der Waals surface area contributed by atoms with Gasteiger partial charge in [0, 0.05) is 17.7 Å². The molecule has 0 spiro atoms. The second-order valence-corrected chi connectivity index (χ2v) is 9.38. The van der Waals surface area contributed by atoms with Gasteiger partial charge in [-0.1, -0.05) is 19.9 Å². The molecule has 0 bridgehead atoms. The number of phenolic OH excluding ortho intramolecular Hbond substituents is 1. The number of nitrogens with one attached hydrogen (secondary N) is 1. The Balaban J connectivity index is 1.80. The van der Waals surface area contributed by atoms with Crippen LogP contribution in [0.4, 0.5) is 0 Å². The average molecular weight is 480 g/mol. The highest BCUT2D eigenvalue weighted by Gasteiger charge is 2.42. The van der Waals surface area contributed by atoms with Crippen molar-refractivity contribution in [3.8, 4) is 28.5 Å². The van der Waals surface area contributed by atoms with E-state index >= 15 is 0 Å². The third-order valence-electron chi connectivity index (χ3n) is 6.53. The number of aryl methyl sites for hydroxylation is 2. The number of aromatic amines is 1. The minimum atomic E-state index is -0.516. The average Bonchev–Trinajstić information content (AvgIpc) is 3.36. The van der Waals surface area contributed by atoms with Crippen LogP contribution in [-0.2, 0) is 0 Å². The number of aliphatic hydroxyl groups excluding tert-OH is 1. The second-order valence-electron chi connectivity index (χ2n) is 9.38. The summed E-state index contributed by atoms with van der Waals surface area (Å²) in [5.41, 5.74) is 4.85. The number of aromatic nitrogens is 2. The van der Waals surface area contributed by atoms with Crippen molar-refractivity contribution in [2.24, 2.45) is 5.92 Å². The minimum Gasteiger partial charge on any atom is -0.507 e. The number of H-pyrrole nitrogens is 1. The summed E-state index contributed by atoms with van der Waals surface area (Å²) in [4.78, 5) is 14.9. The first kappa shape index (κ1) is 24.6. The molecule has 2 aromatic carbocycles. The molecule has 3 N–H and O–H groups in total. The maximum absolute atomic E-state index is 13.3. The number of methoxy groups -OCH3 is 1. The number of rotatable bonds is 9. The standard InChI is InChI=1S/C27H33N3O5/c1-15(2)8-11-35-21-7-6-18(14-22(21)34-5)26-23-24(19-12-16(3)17(4)13-20(19)32)28-29-25(23)27(33)30(26)9-10-31/h6-7,12-15,26,31-32H,8-11H2,1-5H3,(H,28,29)/t26-/m0/s1. The van der Waals surface area contributed by atoms with Gasteiger partial charge in [-0.05, 0) is 67.1 Å². The van der Waals surface area contributed by atoms with E-state index in [2.05, 4.69) is 24.0 Å².